The third-order valence-electron chi connectivity index (χ3n) is 2.95. The highest BCUT2D eigenvalue weighted by atomic mass is 32.2. The number of rotatable bonds is 1. The number of amides is 1. The molecule has 3 rings (SSSR count). The molecule has 16 heavy (non-hydrogen) atoms. The normalized spacial score (nSPS) is 23.6. The van der Waals surface area contributed by atoms with E-state index in [1.165, 1.54) is 5.56 Å². The molecule has 2 heterocycles. The summed E-state index contributed by atoms with van der Waals surface area (Å²) in [5.41, 5.74) is 2.27. The molecule has 0 radical (unpaired) electrons. The summed E-state index contributed by atoms with van der Waals surface area (Å²) in [6.45, 7) is 2.97. The summed E-state index contributed by atoms with van der Waals surface area (Å²) in [6.07, 6.45) is 0. The van der Waals surface area contributed by atoms with Gasteiger partial charge >= 0.3 is 0 Å². The van der Waals surface area contributed by atoms with Crippen LogP contribution in [-0.4, -0.2) is 28.3 Å². The number of amidine groups is 1. The molecule has 1 aromatic carbocycles. The van der Waals surface area contributed by atoms with Crippen molar-refractivity contribution in [3.05, 3.63) is 35.4 Å². The fourth-order valence-electron chi connectivity index (χ4n) is 2.11. The summed E-state index contributed by atoms with van der Waals surface area (Å²) < 4.78 is 0. The molecule has 82 valence electrons. The Morgan fingerprint density at radius 1 is 1.38 bits per heavy atom. The lowest BCUT2D eigenvalue weighted by Gasteiger charge is -2.20. The van der Waals surface area contributed by atoms with Crippen LogP contribution in [0.25, 0.3) is 0 Å². The fraction of sp³-hybridized carbons (Fsp3) is 0.333. The van der Waals surface area contributed by atoms with Crippen LogP contribution in [0, 0.1) is 6.92 Å². The maximum atomic E-state index is 11.8. The highest BCUT2D eigenvalue weighted by molar-refractivity contribution is 8.14. The van der Waals surface area contributed by atoms with Gasteiger partial charge in [-0.1, -0.05) is 41.6 Å². The predicted molar refractivity (Wildman–Crippen MR) is 65.5 cm³/mol. The van der Waals surface area contributed by atoms with Crippen molar-refractivity contribution in [2.75, 3.05) is 12.3 Å². The van der Waals surface area contributed by atoms with E-state index < -0.39 is 0 Å². The van der Waals surface area contributed by atoms with Gasteiger partial charge in [0.05, 0.1) is 0 Å². The van der Waals surface area contributed by atoms with Crippen LogP contribution in [0.4, 0.5) is 0 Å². The molecule has 1 aromatic rings. The summed E-state index contributed by atoms with van der Waals surface area (Å²) in [7, 11) is 0. The number of hydrogen-bond acceptors (Lipinski definition) is 3. The number of thioether (sulfide) groups is 1. The summed E-state index contributed by atoms with van der Waals surface area (Å²) >= 11 is 1.67. The van der Waals surface area contributed by atoms with Gasteiger partial charge in [0, 0.05) is 12.3 Å². The van der Waals surface area contributed by atoms with Crippen molar-refractivity contribution in [3.8, 4) is 0 Å². The Morgan fingerprint density at radius 2 is 2.12 bits per heavy atom. The van der Waals surface area contributed by atoms with Gasteiger partial charge in [-0.2, -0.15) is 4.99 Å². The van der Waals surface area contributed by atoms with E-state index in [1.54, 1.807) is 11.8 Å². The zero-order chi connectivity index (χ0) is 11.1. The van der Waals surface area contributed by atoms with Crippen molar-refractivity contribution >= 4 is 22.8 Å². The standard InChI is InChI=1S/C12H12N2OS/c1-8-2-4-9(5-3-8)10-11(15)13-12-14(10)6-7-16-12/h2-5,10H,6-7H2,1H3/t10-/m1/s1. The SMILES string of the molecule is Cc1ccc([C@@H]2C(=O)N=C3SCCN32)cc1. The van der Waals surface area contributed by atoms with Crippen molar-refractivity contribution in [2.45, 2.75) is 13.0 Å². The Bertz CT molecular complexity index is 466. The molecule has 4 heteroatoms. The van der Waals surface area contributed by atoms with Gasteiger partial charge in [-0.3, -0.25) is 4.79 Å². The number of benzene rings is 1. The van der Waals surface area contributed by atoms with Crippen molar-refractivity contribution < 1.29 is 4.79 Å². The third kappa shape index (κ3) is 1.45. The largest absolute Gasteiger partial charge is 0.334 e. The van der Waals surface area contributed by atoms with Crippen molar-refractivity contribution in [2.24, 2.45) is 4.99 Å². The third-order valence-corrected chi connectivity index (χ3v) is 3.92. The quantitative estimate of drug-likeness (QED) is 0.742. The molecule has 1 fully saturated rings. The molecule has 0 aromatic heterocycles. The van der Waals surface area contributed by atoms with Crippen LogP contribution in [0.15, 0.2) is 29.3 Å². The van der Waals surface area contributed by atoms with Crippen LogP contribution < -0.4 is 0 Å². The Labute approximate surface area is 98.5 Å². The molecular formula is C12H12N2OS. The number of carbonyl (C=O) groups excluding carboxylic acids is 1. The molecule has 0 aliphatic carbocycles. The van der Waals surface area contributed by atoms with Crippen molar-refractivity contribution in [1.29, 1.82) is 0 Å². The number of carbonyl (C=O) groups is 1. The number of aliphatic imine (C=N–C) groups is 1. The Hall–Kier alpha value is -1.29. The Morgan fingerprint density at radius 3 is 2.88 bits per heavy atom. The number of aryl methyl sites for hydroxylation is 1. The average Bonchev–Trinajstić information content (AvgIpc) is 2.79. The molecule has 3 nitrogen and oxygen atoms in total. The minimum absolute atomic E-state index is 0.0222. The molecule has 0 N–H and O–H groups in total. The van der Waals surface area contributed by atoms with E-state index in [1.807, 2.05) is 31.2 Å². The number of fused-ring (bicyclic) bond motifs is 1. The monoisotopic (exact) mass is 232 g/mol. The summed E-state index contributed by atoms with van der Waals surface area (Å²) in [5.74, 6) is 1.01. The van der Waals surface area contributed by atoms with E-state index in [2.05, 4.69) is 9.89 Å². The molecule has 2 aliphatic heterocycles. The first kappa shape index (κ1) is 9.90. The molecule has 0 spiro atoms. The number of hydrogen-bond donors (Lipinski definition) is 0. The van der Waals surface area contributed by atoms with Crippen LogP contribution in [0.1, 0.15) is 17.2 Å². The van der Waals surface area contributed by atoms with Crippen LogP contribution >= 0.6 is 11.8 Å². The molecule has 1 atom stereocenters. The first-order chi connectivity index (χ1) is 7.75. The van der Waals surface area contributed by atoms with Gasteiger partial charge in [0.1, 0.15) is 6.04 Å². The molecule has 0 bridgehead atoms. The van der Waals surface area contributed by atoms with Gasteiger partial charge in [0.25, 0.3) is 5.91 Å². The Kier molecular flexibility index (Phi) is 2.24. The van der Waals surface area contributed by atoms with Crippen molar-refractivity contribution in [3.63, 3.8) is 0 Å². The summed E-state index contributed by atoms with van der Waals surface area (Å²) in [6, 6.07) is 7.97. The second-order valence-electron chi connectivity index (χ2n) is 4.09. The molecule has 1 saturated heterocycles. The van der Waals surface area contributed by atoms with Crippen LogP contribution in [0.2, 0.25) is 0 Å². The minimum atomic E-state index is -0.175. The molecule has 0 unspecified atom stereocenters. The van der Waals surface area contributed by atoms with Crippen LogP contribution in [0.3, 0.4) is 0 Å². The first-order valence-corrected chi connectivity index (χ1v) is 6.33. The van der Waals surface area contributed by atoms with Gasteiger partial charge in [0.2, 0.25) is 0 Å². The van der Waals surface area contributed by atoms with Gasteiger partial charge in [-0.15, -0.1) is 0 Å². The maximum absolute atomic E-state index is 11.8. The zero-order valence-corrected chi connectivity index (χ0v) is 9.83. The van der Waals surface area contributed by atoms with E-state index in [0.29, 0.717) is 0 Å². The highest BCUT2D eigenvalue weighted by Crippen LogP contribution is 2.35. The topological polar surface area (TPSA) is 32.7 Å². The highest BCUT2D eigenvalue weighted by Gasteiger charge is 2.39. The van der Waals surface area contributed by atoms with Gasteiger partial charge < -0.3 is 4.90 Å². The summed E-state index contributed by atoms with van der Waals surface area (Å²) in [4.78, 5) is 18.0. The molecule has 2 aliphatic rings. The van der Waals surface area contributed by atoms with E-state index in [9.17, 15) is 4.79 Å². The molecular weight excluding hydrogens is 220 g/mol. The lowest BCUT2D eigenvalue weighted by atomic mass is 10.0. The minimum Gasteiger partial charge on any atom is -0.334 e. The second kappa shape index (κ2) is 3.63. The second-order valence-corrected chi connectivity index (χ2v) is 5.15. The maximum Gasteiger partial charge on any atom is 0.275 e. The van der Waals surface area contributed by atoms with E-state index in [4.69, 9.17) is 0 Å². The summed E-state index contributed by atoms with van der Waals surface area (Å²) in [5, 5.41) is 0.899. The van der Waals surface area contributed by atoms with Gasteiger partial charge in [-0.25, -0.2) is 0 Å². The smallest absolute Gasteiger partial charge is 0.275 e. The van der Waals surface area contributed by atoms with Gasteiger partial charge in [-0.05, 0) is 12.5 Å². The average molecular weight is 232 g/mol. The number of nitrogens with zero attached hydrogens (tertiary/aromatic N) is 2. The van der Waals surface area contributed by atoms with E-state index in [-0.39, 0.29) is 11.9 Å². The first-order valence-electron chi connectivity index (χ1n) is 5.34. The predicted octanol–water partition coefficient (Wildman–Crippen LogP) is 1.98. The van der Waals surface area contributed by atoms with E-state index >= 15 is 0 Å². The molecule has 1 amide bonds. The lowest BCUT2D eigenvalue weighted by Crippen LogP contribution is -2.27. The van der Waals surface area contributed by atoms with Crippen molar-refractivity contribution in [1.82, 2.24) is 4.90 Å². The fourth-order valence-corrected chi connectivity index (χ4v) is 3.10. The van der Waals surface area contributed by atoms with E-state index in [0.717, 1.165) is 23.0 Å². The van der Waals surface area contributed by atoms with Crippen LogP contribution in [-0.2, 0) is 4.79 Å². The Balaban J connectivity index is 1.96. The van der Waals surface area contributed by atoms with Crippen LogP contribution in [0.5, 0.6) is 0 Å². The zero-order valence-electron chi connectivity index (χ0n) is 9.01. The van der Waals surface area contributed by atoms with Gasteiger partial charge in [0.15, 0.2) is 5.17 Å². The molecule has 0 saturated carbocycles. The lowest BCUT2D eigenvalue weighted by molar-refractivity contribution is -0.120.